The zero-order valence-corrected chi connectivity index (χ0v) is 13.3. The standard InChI is InChI=1S/C17H17ClN2O3/c1-23-16-12(18)7-4-8-13(16)19-17(22)20-15-11-6-3-2-5-10(11)9-14(15)21/h2-8,14-15,21H,9H2,1H3,(H2,19,20,22)/t14-,15+/m1/s1. The van der Waals surface area contributed by atoms with E-state index in [1.165, 1.54) is 7.11 Å². The number of halogens is 1. The molecule has 1 aliphatic rings. The molecule has 23 heavy (non-hydrogen) atoms. The highest BCUT2D eigenvalue weighted by Crippen LogP contribution is 2.33. The highest BCUT2D eigenvalue weighted by molar-refractivity contribution is 6.32. The van der Waals surface area contributed by atoms with Crippen molar-refractivity contribution in [2.75, 3.05) is 12.4 Å². The predicted molar refractivity (Wildman–Crippen MR) is 89.1 cm³/mol. The Hall–Kier alpha value is -2.24. The molecule has 0 heterocycles. The van der Waals surface area contributed by atoms with E-state index in [1.54, 1.807) is 18.2 Å². The highest BCUT2D eigenvalue weighted by Gasteiger charge is 2.32. The first-order chi connectivity index (χ1) is 11.1. The van der Waals surface area contributed by atoms with Gasteiger partial charge in [-0.25, -0.2) is 4.79 Å². The number of aliphatic hydroxyl groups excluding tert-OH is 1. The molecule has 2 aromatic carbocycles. The fourth-order valence-corrected chi connectivity index (χ4v) is 3.11. The number of urea groups is 1. The van der Waals surface area contributed by atoms with E-state index in [1.807, 2.05) is 24.3 Å². The van der Waals surface area contributed by atoms with E-state index in [2.05, 4.69) is 10.6 Å². The van der Waals surface area contributed by atoms with Crippen molar-refractivity contribution in [2.24, 2.45) is 0 Å². The maximum absolute atomic E-state index is 12.3. The molecule has 0 unspecified atom stereocenters. The lowest BCUT2D eigenvalue weighted by atomic mass is 10.1. The molecule has 0 radical (unpaired) electrons. The second-order valence-electron chi connectivity index (χ2n) is 5.37. The van der Waals surface area contributed by atoms with Crippen LogP contribution in [0, 0.1) is 0 Å². The van der Waals surface area contributed by atoms with Crippen molar-refractivity contribution >= 4 is 23.3 Å². The van der Waals surface area contributed by atoms with Crippen LogP contribution in [0.15, 0.2) is 42.5 Å². The fraction of sp³-hybridized carbons (Fsp3) is 0.235. The molecular formula is C17H17ClN2O3. The maximum Gasteiger partial charge on any atom is 0.319 e. The summed E-state index contributed by atoms with van der Waals surface area (Å²) in [6.45, 7) is 0. The Morgan fingerprint density at radius 2 is 2.04 bits per heavy atom. The number of hydrogen-bond donors (Lipinski definition) is 3. The van der Waals surface area contributed by atoms with E-state index in [-0.39, 0.29) is 0 Å². The molecule has 2 atom stereocenters. The monoisotopic (exact) mass is 332 g/mol. The number of aliphatic hydroxyl groups is 1. The van der Waals surface area contributed by atoms with E-state index in [0.29, 0.717) is 22.9 Å². The number of rotatable bonds is 3. The Balaban J connectivity index is 1.75. The Labute approximate surface area is 139 Å². The van der Waals surface area contributed by atoms with Gasteiger partial charge in [0.1, 0.15) is 0 Å². The van der Waals surface area contributed by atoms with Crippen molar-refractivity contribution < 1.29 is 14.6 Å². The molecule has 120 valence electrons. The quantitative estimate of drug-likeness (QED) is 0.808. The van der Waals surface area contributed by atoms with Gasteiger partial charge in [0.05, 0.1) is 30.0 Å². The number of amides is 2. The SMILES string of the molecule is COc1c(Cl)cccc1NC(=O)N[C@H]1c2ccccc2C[C@H]1O. The van der Waals surface area contributed by atoms with Gasteiger partial charge >= 0.3 is 6.03 Å². The molecule has 3 N–H and O–H groups in total. The molecule has 0 saturated carbocycles. The van der Waals surface area contributed by atoms with Crippen molar-refractivity contribution in [3.05, 3.63) is 58.6 Å². The van der Waals surface area contributed by atoms with Crippen LogP contribution in [-0.4, -0.2) is 24.4 Å². The van der Waals surface area contributed by atoms with Crippen molar-refractivity contribution in [1.82, 2.24) is 5.32 Å². The van der Waals surface area contributed by atoms with Gasteiger partial charge in [-0.05, 0) is 23.3 Å². The Kier molecular flexibility index (Phi) is 4.41. The summed E-state index contributed by atoms with van der Waals surface area (Å²) in [5, 5.41) is 16.1. The van der Waals surface area contributed by atoms with Gasteiger partial charge in [0.15, 0.2) is 5.75 Å². The van der Waals surface area contributed by atoms with Crippen molar-refractivity contribution in [3.8, 4) is 5.75 Å². The first kappa shape index (κ1) is 15.6. The minimum absolute atomic E-state index is 0.400. The van der Waals surface area contributed by atoms with Gasteiger partial charge in [-0.2, -0.15) is 0 Å². The molecule has 0 aliphatic heterocycles. The van der Waals surface area contributed by atoms with Gasteiger partial charge < -0.3 is 20.5 Å². The lowest BCUT2D eigenvalue weighted by molar-refractivity contribution is 0.144. The van der Waals surface area contributed by atoms with Crippen LogP contribution in [0.25, 0.3) is 0 Å². The molecule has 0 saturated heterocycles. The topological polar surface area (TPSA) is 70.6 Å². The number of para-hydroxylation sites is 1. The van der Waals surface area contributed by atoms with Crippen molar-refractivity contribution in [2.45, 2.75) is 18.6 Å². The molecule has 6 heteroatoms. The van der Waals surface area contributed by atoms with Crippen LogP contribution in [0.5, 0.6) is 5.75 Å². The second-order valence-corrected chi connectivity index (χ2v) is 5.77. The Morgan fingerprint density at radius 1 is 1.26 bits per heavy atom. The van der Waals surface area contributed by atoms with Gasteiger partial charge in [0, 0.05) is 6.42 Å². The van der Waals surface area contributed by atoms with Crippen LogP contribution < -0.4 is 15.4 Å². The minimum Gasteiger partial charge on any atom is -0.493 e. The summed E-state index contributed by atoms with van der Waals surface area (Å²) in [6.07, 6.45) is -0.110. The Morgan fingerprint density at radius 3 is 2.83 bits per heavy atom. The van der Waals surface area contributed by atoms with Crippen LogP contribution in [0.1, 0.15) is 17.2 Å². The number of fused-ring (bicyclic) bond motifs is 1. The molecule has 0 bridgehead atoms. The molecule has 0 aromatic heterocycles. The van der Waals surface area contributed by atoms with Crippen LogP contribution >= 0.6 is 11.6 Å². The summed E-state index contributed by atoms with van der Waals surface area (Å²) >= 11 is 6.04. The van der Waals surface area contributed by atoms with Crippen LogP contribution in [0.3, 0.4) is 0 Å². The minimum atomic E-state index is -0.639. The average Bonchev–Trinajstić information content (AvgIpc) is 2.83. The third-order valence-corrected chi connectivity index (χ3v) is 4.21. The third kappa shape index (κ3) is 3.11. The molecule has 0 fully saturated rings. The summed E-state index contributed by atoms with van der Waals surface area (Å²) < 4.78 is 5.20. The molecule has 3 rings (SSSR count). The molecular weight excluding hydrogens is 316 g/mol. The largest absolute Gasteiger partial charge is 0.493 e. The molecule has 2 aromatic rings. The second kappa shape index (κ2) is 6.48. The highest BCUT2D eigenvalue weighted by atomic mass is 35.5. The summed E-state index contributed by atoms with van der Waals surface area (Å²) in [5.41, 5.74) is 2.46. The zero-order chi connectivity index (χ0) is 16.4. The van der Waals surface area contributed by atoms with Crippen molar-refractivity contribution in [3.63, 3.8) is 0 Å². The van der Waals surface area contributed by atoms with Gasteiger partial charge in [0.25, 0.3) is 0 Å². The summed E-state index contributed by atoms with van der Waals surface area (Å²) in [4.78, 5) is 12.3. The number of methoxy groups -OCH3 is 1. The summed E-state index contributed by atoms with van der Waals surface area (Å²) in [7, 11) is 1.49. The number of anilines is 1. The molecule has 5 nitrogen and oxygen atoms in total. The fourth-order valence-electron chi connectivity index (χ4n) is 2.86. The first-order valence-corrected chi connectivity index (χ1v) is 7.64. The van der Waals surface area contributed by atoms with E-state index in [9.17, 15) is 9.90 Å². The van der Waals surface area contributed by atoms with E-state index in [4.69, 9.17) is 16.3 Å². The third-order valence-electron chi connectivity index (χ3n) is 3.91. The average molecular weight is 333 g/mol. The number of nitrogens with one attached hydrogen (secondary N) is 2. The predicted octanol–water partition coefficient (Wildman–Crippen LogP) is 3.13. The number of carbonyl (C=O) groups excluding carboxylic acids is 1. The molecule has 0 spiro atoms. The maximum atomic E-state index is 12.3. The van der Waals surface area contributed by atoms with Crippen LogP contribution in [0.2, 0.25) is 5.02 Å². The zero-order valence-electron chi connectivity index (χ0n) is 12.5. The normalized spacial score (nSPS) is 19.1. The van der Waals surface area contributed by atoms with Gasteiger partial charge in [0.2, 0.25) is 0 Å². The number of hydrogen-bond acceptors (Lipinski definition) is 3. The summed E-state index contributed by atoms with van der Waals surface area (Å²) in [5.74, 6) is 0.400. The number of benzene rings is 2. The van der Waals surface area contributed by atoms with E-state index in [0.717, 1.165) is 11.1 Å². The van der Waals surface area contributed by atoms with Crippen molar-refractivity contribution in [1.29, 1.82) is 0 Å². The first-order valence-electron chi connectivity index (χ1n) is 7.26. The van der Waals surface area contributed by atoms with Gasteiger partial charge in [-0.1, -0.05) is 41.9 Å². The lowest BCUT2D eigenvalue weighted by Crippen LogP contribution is -2.36. The van der Waals surface area contributed by atoms with E-state index < -0.39 is 18.2 Å². The van der Waals surface area contributed by atoms with Crippen LogP contribution in [-0.2, 0) is 6.42 Å². The lowest BCUT2D eigenvalue weighted by Gasteiger charge is -2.19. The smallest absolute Gasteiger partial charge is 0.319 e. The number of carbonyl (C=O) groups is 1. The van der Waals surface area contributed by atoms with Crippen LogP contribution in [0.4, 0.5) is 10.5 Å². The molecule has 2 amide bonds. The molecule has 1 aliphatic carbocycles. The summed E-state index contributed by atoms with van der Waals surface area (Å²) in [6, 6.07) is 11.9. The van der Waals surface area contributed by atoms with Gasteiger partial charge in [-0.3, -0.25) is 0 Å². The number of ether oxygens (including phenoxy) is 1. The Bertz CT molecular complexity index is 736. The van der Waals surface area contributed by atoms with E-state index >= 15 is 0 Å². The van der Waals surface area contributed by atoms with Gasteiger partial charge in [-0.15, -0.1) is 0 Å².